The second kappa shape index (κ2) is 5.35. The van der Waals surface area contributed by atoms with Gasteiger partial charge in [-0.25, -0.2) is 0 Å². The van der Waals surface area contributed by atoms with Crippen LogP contribution >= 0.6 is 0 Å². The van der Waals surface area contributed by atoms with Crippen LogP contribution < -0.4 is 5.73 Å². The number of piperidine rings is 1. The summed E-state index contributed by atoms with van der Waals surface area (Å²) in [5, 5.41) is 9.08. The van der Waals surface area contributed by atoms with E-state index in [9.17, 15) is 4.79 Å². The zero-order chi connectivity index (χ0) is 14.0. The number of hydrogen-bond donors (Lipinski definition) is 1. The molecule has 2 rings (SSSR count). The smallest absolute Gasteiger partial charge is 0.242 e. The molecule has 1 aliphatic heterocycles. The van der Waals surface area contributed by atoms with E-state index in [1.165, 1.54) is 6.42 Å². The molecule has 5 heteroatoms. The second-order valence-electron chi connectivity index (χ2n) is 5.11. The van der Waals surface area contributed by atoms with Crippen LogP contribution in [-0.4, -0.2) is 28.5 Å². The van der Waals surface area contributed by atoms with Crippen LogP contribution in [0.3, 0.4) is 0 Å². The lowest BCUT2D eigenvalue weighted by Gasteiger charge is -2.27. The van der Waals surface area contributed by atoms with Crippen LogP contribution in [0.2, 0.25) is 0 Å². The van der Waals surface area contributed by atoms with Gasteiger partial charge in [0.15, 0.2) is 0 Å². The molecule has 0 spiro atoms. The molecule has 1 aromatic heterocycles. The van der Waals surface area contributed by atoms with Crippen molar-refractivity contribution in [1.82, 2.24) is 9.47 Å². The Kier molecular flexibility index (Phi) is 3.79. The van der Waals surface area contributed by atoms with E-state index in [-0.39, 0.29) is 12.5 Å². The van der Waals surface area contributed by atoms with Gasteiger partial charge in [0, 0.05) is 18.8 Å². The molecule has 1 aromatic rings. The van der Waals surface area contributed by atoms with Gasteiger partial charge in [-0.2, -0.15) is 5.26 Å². The number of hydrogen-bond acceptors (Lipinski definition) is 3. The maximum absolute atomic E-state index is 12.2. The van der Waals surface area contributed by atoms with Gasteiger partial charge in [0.2, 0.25) is 5.91 Å². The van der Waals surface area contributed by atoms with Crippen molar-refractivity contribution in [2.45, 2.75) is 39.7 Å². The first-order valence-electron chi connectivity index (χ1n) is 6.69. The zero-order valence-corrected chi connectivity index (χ0v) is 11.6. The lowest BCUT2D eigenvalue weighted by molar-refractivity contribution is -0.132. The van der Waals surface area contributed by atoms with Crippen LogP contribution in [0.25, 0.3) is 0 Å². The summed E-state index contributed by atoms with van der Waals surface area (Å²) in [5.74, 6) is 0.497. The second-order valence-corrected chi connectivity index (χ2v) is 5.11. The maximum atomic E-state index is 12.2. The van der Waals surface area contributed by atoms with Crippen LogP contribution in [0.1, 0.15) is 36.1 Å². The largest absolute Gasteiger partial charge is 0.384 e. The molecule has 1 aliphatic rings. The van der Waals surface area contributed by atoms with Gasteiger partial charge in [-0.15, -0.1) is 0 Å². The van der Waals surface area contributed by atoms with E-state index in [0.717, 1.165) is 37.2 Å². The third kappa shape index (κ3) is 2.43. The Morgan fingerprint density at radius 2 is 1.95 bits per heavy atom. The molecule has 0 aliphatic carbocycles. The summed E-state index contributed by atoms with van der Waals surface area (Å²) < 4.78 is 1.75. The molecule has 0 bridgehead atoms. The van der Waals surface area contributed by atoms with E-state index in [1.807, 2.05) is 18.7 Å². The van der Waals surface area contributed by atoms with Gasteiger partial charge in [-0.1, -0.05) is 0 Å². The number of amides is 1. The molecule has 0 atom stereocenters. The van der Waals surface area contributed by atoms with E-state index < -0.39 is 0 Å². The Balaban J connectivity index is 2.19. The summed E-state index contributed by atoms with van der Waals surface area (Å²) in [6, 6.07) is 2.11. The predicted octanol–water partition coefficient (Wildman–Crippen LogP) is 1.57. The SMILES string of the molecule is Cc1c(C#N)c(N)n(CC(=O)N2CCCCC2)c1C. The Morgan fingerprint density at radius 3 is 2.47 bits per heavy atom. The number of likely N-dealkylation sites (tertiary alicyclic amines) is 1. The minimum Gasteiger partial charge on any atom is -0.384 e. The highest BCUT2D eigenvalue weighted by atomic mass is 16.2. The topological polar surface area (TPSA) is 75.0 Å². The van der Waals surface area contributed by atoms with E-state index in [4.69, 9.17) is 11.0 Å². The third-order valence-electron chi connectivity index (χ3n) is 3.98. The van der Waals surface area contributed by atoms with Gasteiger partial charge in [-0.3, -0.25) is 4.79 Å². The van der Waals surface area contributed by atoms with Crippen molar-refractivity contribution < 1.29 is 4.79 Å². The minimum absolute atomic E-state index is 0.0917. The summed E-state index contributed by atoms with van der Waals surface area (Å²) in [7, 11) is 0. The number of rotatable bonds is 2. The fourth-order valence-electron chi connectivity index (χ4n) is 2.61. The lowest BCUT2D eigenvalue weighted by atomic mass is 10.1. The van der Waals surface area contributed by atoms with Gasteiger partial charge < -0.3 is 15.2 Å². The first-order valence-corrected chi connectivity index (χ1v) is 6.69. The van der Waals surface area contributed by atoms with Crippen molar-refractivity contribution >= 4 is 11.7 Å². The number of nitrogens with two attached hydrogens (primary N) is 1. The summed E-state index contributed by atoms with van der Waals surface area (Å²) in [5.41, 5.74) is 8.22. The summed E-state index contributed by atoms with van der Waals surface area (Å²) >= 11 is 0. The van der Waals surface area contributed by atoms with Crippen molar-refractivity contribution in [1.29, 1.82) is 5.26 Å². The number of nitrogens with zero attached hydrogens (tertiary/aromatic N) is 3. The maximum Gasteiger partial charge on any atom is 0.242 e. The van der Waals surface area contributed by atoms with E-state index in [0.29, 0.717) is 11.4 Å². The molecular formula is C14H20N4O. The Bertz CT molecular complexity index is 533. The molecule has 1 fully saturated rings. The average molecular weight is 260 g/mol. The molecule has 0 aromatic carbocycles. The van der Waals surface area contributed by atoms with E-state index in [2.05, 4.69) is 6.07 Å². The Labute approximate surface area is 113 Å². The van der Waals surface area contributed by atoms with Crippen LogP contribution in [0.5, 0.6) is 0 Å². The van der Waals surface area contributed by atoms with Gasteiger partial charge >= 0.3 is 0 Å². The fourth-order valence-corrected chi connectivity index (χ4v) is 2.61. The quantitative estimate of drug-likeness (QED) is 0.877. The molecule has 19 heavy (non-hydrogen) atoms. The van der Waals surface area contributed by atoms with Crippen molar-refractivity contribution in [3.8, 4) is 6.07 Å². The van der Waals surface area contributed by atoms with Crippen molar-refractivity contribution in [2.75, 3.05) is 18.8 Å². The average Bonchev–Trinajstić information content (AvgIpc) is 2.63. The first kappa shape index (κ1) is 13.5. The van der Waals surface area contributed by atoms with Crippen molar-refractivity contribution in [2.24, 2.45) is 0 Å². The zero-order valence-electron chi connectivity index (χ0n) is 11.6. The molecule has 5 nitrogen and oxygen atoms in total. The third-order valence-corrected chi connectivity index (χ3v) is 3.98. The molecule has 0 saturated carbocycles. The molecular weight excluding hydrogens is 240 g/mol. The van der Waals surface area contributed by atoms with Crippen LogP contribution in [0, 0.1) is 25.2 Å². The van der Waals surface area contributed by atoms with Gasteiger partial charge in [-0.05, 0) is 38.7 Å². The van der Waals surface area contributed by atoms with E-state index in [1.54, 1.807) is 4.57 Å². The van der Waals surface area contributed by atoms with Gasteiger partial charge in [0.25, 0.3) is 0 Å². The fraction of sp³-hybridized carbons (Fsp3) is 0.571. The Hall–Kier alpha value is -1.96. The first-order chi connectivity index (χ1) is 9.06. The molecule has 1 saturated heterocycles. The van der Waals surface area contributed by atoms with E-state index >= 15 is 0 Å². The van der Waals surface area contributed by atoms with Crippen molar-refractivity contribution in [3.05, 3.63) is 16.8 Å². The monoisotopic (exact) mass is 260 g/mol. The predicted molar refractivity (Wildman–Crippen MR) is 73.5 cm³/mol. The number of nitriles is 1. The number of carbonyl (C=O) groups excluding carboxylic acids is 1. The molecule has 102 valence electrons. The van der Waals surface area contributed by atoms with Crippen LogP contribution in [0.4, 0.5) is 5.82 Å². The minimum atomic E-state index is 0.0917. The number of carbonyl (C=O) groups is 1. The lowest BCUT2D eigenvalue weighted by Crippen LogP contribution is -2.38. The molecule has 2 heterocycles. The number of anilines is 1. The van der Waals surface area contributed by atoms with Gasteiger partial charge in [0.1, 0.15) is 18.4 Å². The van der Waals surface area contributed by atoms with Crippen LogP contribution in [0.15, 0.2) is 0 Å². The molecule has 1 amide bonds. The number of aromatic nitrogens is 1. The van der Waals surface area contributed by atoms with Gasteiger partial charge in [0.05, 0.1) is 5.56 Å². The molecule has 0 radical (unpaired) electrons. The van der Waals surface area contributed by atoms with Crippen molar-refractivity contribution in [3.63, 3.8) is 0 Å². The summed E-state index contributed by atoms with van der Waals surface area (Å²) in [6.45, 7) is 5.68. The Morgan fingerprint density at radius 1 is 1.32 bits per heavy atom. The highest BCUT2D eigenvalue weighted by Crippen LogP contribution is 2.23. The molecule has 0 unspecified atom stereocenters. The highest BCUT2D eigenvalue weighted by molar-refractivity contribution is 5.77. The summed E-state index contributed by atoms with van der Waals surface area (Å²) in [4.78, 5) is 14.1. The van der Waals surface area contributed by atoms with Crippen LogP contribution in [-0.2, 0) is 11.3 Å². The molecule has 2 N–H and O–H groups in total. The highest BCUT2D eigenvalue weighted by Gasteiger charge is 2.21. The summed E-state index contributed by atoms with van der Waals surface area (Å²) in [6.07, 6.45) is 3.36. The standard InChI is InChI=1S/C14H20N4O/c1-10-11(2)18(14(16)12(10)8-15)9-13(19)17-6-4-3-5-7-17/h3-7,9,16H2,1-2H3. The number of nitrogen functional groups attached to an aromatic ring is 1. The normalized spacial score (nSPS) is 15.3.